The van der Waals surface area contributed by atoms with Crippen molar-refractivity contribution in [3.05, 3.63) is 52.1 Å². The Morgan fingerprint density at radius 2 is 2.08 bits per heavy atom. The van der Waals surface area contributed by atoms with Gasteiger partial charge < -0.3 is 4.84 Å². The number of rotatable bonds is 5. The molecule has 0 saturated carbocycles. The van der Waals surface area contributed by atoms with Crippen LogP contribution in [0.5, 0.6) is 0 Å². The van der Waals surface area contributed by atoms with Gasteiger partial charge >= 0.3 is 0 Å². The number of aromatic nitrogens is 4. The van der Waals surface area contributed by atoms with Crippen LogP contribution in [0.3, 0.4) is 0 Å². The lowest BCUT2D eigenvalue weighted by Gasteiger charge is -2.15. The van der Waals surface area contributed by atoms with Gasteiger partial charge in [-0.1, -0.05) is 31.9 Å². The van der Waals surface area contributed by atoms with E-state index in [4.69, 9.17) is 11.3 Å². The molecule has 1 aromatic carbocycles. The molecule has 128 valence electrons. The standard InChI is InChI=1S/C19H20N4O2/c1-5-10-25-23-18(24)16-8-6-7-9-17(16)20-19(23)22-15(11-13(2)3)12-14(4)21-22/h1,6-9,12-13H,10-11H2,2-4H3. The Bertz CT molecular complexity index is 1010. The topological polar surface area (TPSA) is 61.9 Å². The summed E-state index contributed by atoms with van der Waals surface area (Å²) >= 11 is 0. The minimum atomic E-state index is -0.306. The lowest BCUT2D eigenvalue weighted by atomic mass is 10.1. The number of aryl methyl sites for hydroxylation is 1. The van der Waals surface area contributed by atoms with Crippen molar-refractivity contribution in [3.8, 4) is 18.3 Å². The smallest absolute Gasteiger partial charge is 0.296 e. The van der Waals surface area contributed by atoms with Crippen molar-refractivity contribution >= 4 is 10.9 Å². The van der Waals surface area contributed by atoms with Crippen molar-refractivity contribution in [1.29, 1.82) is 0 Å². The number of hydrogen-bond donors (Lipinski definition) is 0. The SMILES string of the molecule is C#CCOn1c(-n2nc(C)cc2CC(C)C)nc2ccccc2c1=O. The molecule has 0 aliphatic carbocycles. The second-order valence-corrected chi connectivity index (χ2v) is 6.29. The third-order valence-electron chi connectivity index (χ3n) is 3.71. The van der Waals surface area contributed by atoms with Gasteiger partial charge in [0.2, 0.25) is 0 Å². The van der Waals surface area contributed by atoms with Gasteiger partial charge in [-0.05, 0) is 37.5 Å². The molecule has 6 nitrogen and oxygen atoms in total. The van der Waals surface area contributed by atoms with Crippen LogP contribution in [0.2, 0.25) is 0 Å². The van der Waals surface area contributed by atoms with Gasteiger partial charge in [-0.3, -0.25) is 4.79 Å². The molecule has 2 aromatic heterocycles. The minimum absolute atomic E-state index is 0.0350. The van der Waals surface area contributed by atoms with E-state index in [9.17, 15) is 4.79 Å². The van der Waals surface area contributed by atoms with Crippen LogP contribution in [0.25, 0.3) is 16.9 Å². The lowest BCUT2D eigenvalue weighted by molar-refractivity contribution is 0.126. The van der Waals surface area contributed by atoms with E-state index in [1.165, 1.54) is 0 Å². The van der Waals surface area contributed by atoms with Crippen molar-refractivity contribution in [2.24, 2.45) is 5.92 Å². The van der Waals surface area contributed by atoms with Gasteiger partial charge in [0, 0.05) is 5.69 Å². The second-order valence-electron chi connectivity index (χ2n) is 6.29. The lowest BCUT2D eigenvalue weighted by Crippen LogP contribution is -2.32. The highest BCUT2D eigenvalue weighted by Gasteiger charge is 2.18. The maximum atomic E-state index is 12.9. The largest absolute Gasteiger partial charge is 0.394 e. The first-order chi connectivity index (χ1) is 12.0. The third-order valence-corrected chi connectivity index (χ3v) is 3.71. The molecule has 6 heteroatoms. The van der Waals surface area contributed by atoms with Gasteiger partial charge in [0.1, 0.15) is 0 Å². The molecule has 3 aromatic rings. The van der Waals surface area contributed by atoms with Gasteiger partial charge in [0.25, 0.3) is 11.5 Å². The Labute approximate surface area is 146 Å². The van der Waals surface area contributed by atoms with Crippen LogP contribution in [0.4, 0.5) is 0 Å². The van der Waals surface area contributed by atoms with Crippen molar-refractivity contribution in [3.63, 3.8) is 0 Å². The molecule has 0 fully saturated rings. The summed E-state index contributed by atoms with van der Waals surface area (Å²) < 4.78 is 2.80. The average molecular weight is 336 g/mol. The summed E-state index contributed by atoms with van der Waals surface area (Å²) in [4.78, 5) is 23.0. The summed E-state index contributed by atoms with van der Waals surface area (Å²) in [7, 11) is 0. The molecular weight excluding hydrogens is 316 g/mol. The second kappa shape index (κ2) is 6.81. The van der Waals surface area contributed by atoms with Crippen LogP contribution in [-0.4, -0.2) is 26.1 Å². The Kier molecular flexibility index (Phi) is 4.57. The van der Waals surface area contributed by atoms with E-state index in [0.29, 0.717) is 22.8 Å². The van der Waals surface area contributed by atoms with Gasteiger partial charge in [0.05, 0.1) is 16.6 Å². The zero-order valence-corrected chi connectivity index (χ0v) is 14.6. The van der Waals surface area contributed by atoms with Crippen LogP contribution >= 0.6 is 0 Å². The number of benzene rings is 1. The number of nitrogens with zero attached hydrogens (tertiary/aromatic N) is 4. The molecule has 3 rings (SSSR count). The quantitative estimate of drug-likeness (QED) is 0.670. The summed E-state index contributed by atoms with van der Waals surface area (Å²) in [6.07, 6.45) is 6.10. The van der Waals surface area contributed by atoms with Gasteiger partial charge in [-0.25, -0.2) is 9.67 Å². The molecule has 0 bridgehead atoms. The highest BCUT2D eigenvalue weighted by Crippen LogP contribution is 2.16. The van der Waals surface area contributed by atoms with Crippen molar-refractivity contribution < 1.29 is 4.84 Å². The summed E-state index contributed by atoms with van der Waals surface area (Å²) in [6.45, 7) is 6.13. The van der Waals surface area contributed by atoms with Crippen LogP contribution in [-0.2, 0) is 6.42 Å². The zero-order chi connectivity index (χ0) is 18.0. The van der Waals surface area contributed by atoms with Gasteiger partial charge in [-0.15, -0.1) is 11.2 Å². The molecule has 0 saturated heterocycles. The predicted molar refractivity (Wildman–Crippen MR) is 96.7 cm³/mol. The molecule has 25 heavy (non-hydrogen) atoms. The third kappa shape index (κ3) is 3.26. The maximum absolute atomic E-state index is 12.9. The highest BCUT2D eigenvalue weighted by atomic mass is 16.7. The van der Waals surface area contributed by atoms with Gasteiger partial charge in [0.15, 0.2) is 6.61 Å². The summed E-state index contributed by atoms with van der Waals surface area (Å²) in [5.41, 5.74) is 2.10. The molecule has 0 radical (unpaired) electrons. The van der Waals surface area contributed by atoms with Crippen LogP contribution in [0.1, 0.15) is 25.2 Å². The molecule has 0 spiro atoms. The van der Waals surface area contributed by atoms with Gasteiger partial charge in [-0.2, -0.15) is 5.10 Å². The monoisotopic (exact) mass is 336 g/mol. The fourth-order valence-electron chi connectivity index (χ4n) is 2.75. The molecule has 0 aliphatic rings. The Morgan fingerprint density at radius 3 is 2.80 bits per heavy atom. The highest BCUT2D eigenvalue weighted by molar-refractivity contribution is 5.77. The normalized spacial score (nSPS) is 11.0. The number of para-hydroxylation sites is 1. The summed E-state index contributed by atoms with van der Waals surface area (Å²) in [5.74, 6) is 3.12. The molecule has 0 unspecified atom stereocenters. The Balaban J connectivity index is 2.28. The first-order valence-corrected chi connectivity index (χ1v) is 8.15. The summed E-state index contributed by atoms with van der Waals surface area (Å²) in [5, 5.41) is 4.98. The fourth-order valence-corrected chi connectivity index (χ4v) is 2.75. The molecular formula is C19H20N4O2. The zero-order valence-electron chi connectivity index (χ0n) is 14.6. The van der Waals surface area contributed by atoms with Crippen molar-refractivity contribution in [2.45, 2.75) is 27.2 Å². The first kappa shape index (κ1) is 16.8. The van der Waals surface area contributed by atoms with E-state index in [1.807, 2.05) is 19.1 Å². The van der Waals surface area contributed by atoms with Crippen LogP contribution in [0, 0.1) is 25.2 Å². The minimum Gasteiger partial charge on any atom is -0.394 e. The Morgan fingerprint density at radius 1 is 1.32 bits per heavy atom. The predicted octanol–water partition coefficient (Wildman–Crippen LogP) is 2.15. The van der Waals surface area contributed by atoms with E-state index >= 15 is 0 Å². The number of terminal acetylenes is 1. The van der Waals surface area contributed by atoms with Crippen molar-refractivity contribution in [2.75, 3.05) is 6.61 Å². The summed E-state index contributed by atoms with van der Waals surface area (Å²) in [6, 6.07) is 9.14. The molecule has 0 N–H and O–H groups in total. The number of fused-ring (bicyclic) bond motifs is 1. The van der Waals surface area contributed by atoms with Crippen LogP contribution in [0.15, 0.2) is 35.1 Å². The van der Waals surface area contributed by atoms with E-state index in [2.05, 4.69) is 29.9 Å². The van der Waals surface area contributed by atoms with E-state index in [0.717, 1.165) is 22.5 Å². The first-order valence-electron chi connectivity index (χ1n) is 8.15. The molecule has 0 aliphatic heterocycles. The van der Waals surface area contributed by atoms with E-state index in [1.54, 1.807) is 22.9 Å². The molecule has 0 amide bonds. The molecule has 0 atom stereocenters. The maximum Gasteiger partial charge on any atom is 0.296 e. The molecule has 2 heterocycles. The van der Waals surface area contributed by atoms with Crippen molar-refractivity contribution in [1.82, 2.24) is 19.5 Å². The number of hydrogen-bond acceptors (Lipinski definition) is 4. The average Bonchev–Trinajstić information content (AvgIpc) is 2.93. The Hall–Kier alpha value is -3.07. The fraction of sp³-hybridized carbons (Fsp3) is 0.316. The van der Waals surface area contributed by atoms with E-state index < -0.39 is 0 Å². The van der Waals surface area contributed by atoms with Crippen LogP contribution < -0.4 is 10.4 Å². The van der Waals surface area contributed by atoms with E-state index in [-0.39, 0.29) is 12.2 Å².